The minimum atomic E-state index is -0.00338. The molecule has 5 nitrogen and oxygen atoms in total. The third kappa shape index (κ3) is 4.03. The van der Waals surface area contributed by atoms with Gasteiger partial charge in [0.1, 0.15) is 0 Å². The van der Waals surface area contributed by atoms with Gasteiger partial charge >= 0.3 is 0 Å². The van der Waals surface area contributed by atoms with Gasteiger partial charge < -0.3 is 10.8 Å². The highest BCUT2D eigenvalue weighted by Crippen LogP contribution is 2.27. The summed E-state index contributed by atoms with van der Waals surface area (Å²) in [4.78, 5) is 2.32. The van der Waals surface area contributed by atoms with Crippen molar-refractivity contribution in [2.24, 2.45) is 12.8 Å². The molecule has 0 bridgehead atoms. The zero-order valence-electron chi connectivity index (χ0n) is 12.6. The van der Waals surface area contributed by atoms with E-state index >= 15 is 0 Å². The average Bonchev–Trinajstić information content (AvgIpc) is 2.77. The molecule has 19 heavy (non-hydrogen) atoms. The van der Waals surface area contributed by atoms with Crippen molar-refractivity contribution in [3.05, 3.63) is 18.0 Å². The van der Waals surface area contributed by atoms with Crippen LogP contribution in [0.1, 0.15) is 45.2 Å². The Labute approximate surface area is 116 Å². The molecule has 0 amide bonds. The second kappa shape index (κ2) is 7.62. The predicted octanol–water partition coefficient (Wildman–Crippen LogP) is 1.29. The van der Waals surface area contributed by atoms with Crippen LogP contribution in [0, 0.1) is 0 Å². The van der Waals surface area contributed by atoms with E-state index in [4.69, 9.17) is 5.73 Å². The molecule has 0 aromatic carbocycles. The van der Waals surface area contributed by atoms with E-state index < -0.39 is 0 Å². The summed E-state index contributed by atoms with van der Waals surface area (Å²) >= 11 is 0. The van der Waals surface area contributed by atoms with E-state index in [1.807, 2.05) is 26.4 Å². The van der Waals surface area contributed by atoms with Gasteiger partial charge in [0.2, 0.25) is 0 Å². The minimum Gasteiger partial charge on any atom is -0.395 e. The van der Waals surface area contributed by atoms with Crippen LogP contribution < -0.4 is 5.73 Å². The van der Waals surface area contributed by atoms with E-state index in [1.165, 1.54) is 0 Å². The molecule has 0 radical (unpaired) electrons. The van der Waals surface area contributed by atoms with Gasteiger partial charge in [-0.3, -0.25) is 9.58 Å². The molecule has 0 aliphatic carbocycles. The monoisotopic (exact) mass is 268 g/mol. The summed E-state index contributed by atoms with van der Waals surface area (Å²) in [6.07, 6.45) is 6.00. The van der Waals surface area contributed by atoms with Crippen LogP contribution in [0.3, 0.4) is 0 Å². The van der Waals surface area contributed by atoms with Gasteiger partial charge in [0.05, 0.1) is 18.8 Å². The number of nitrogens with two attached hydrogens (primary N) is 1. The Kier molecular flexibility index (Phi) is 6.48. The van der Waals surface area contributed by atoms with Gasteiger partial charge in [-0.25, -0.2) is 0 Å². The lowest BCUT2D eigenvalue weighted by molar-refractivity contribution is 0.0852. The lowest BCUT2D eigenvalue weighted by atomic mass is 9.98. The summed E-state index contributed by atoms with van der Waals surface area (Å²) in [5, 5.41) is 13.6. The maximum atomic E-state index is 9.36. The molecule has 1 rings (SSSR count). The lowest BCUT2D eigenvalue weighted by Crippen LogP contribution is -2.46. The van der Waals surface area contributed by atoms with E-state index in [1.54, 1.807) is 4.68 Å². The zero-order chi connectivity index (χ0) is 14.4. The van der Waals surface area contributed by atoms with Crippen LogP contribution in [0.2, 0.25) is 0 Å². The maximum Gasteiger partial charge on any atom is 0.0558 e. The Morgan fingerprint density at radius 2 is 2.05 bits per heavy atom. The summed E-state index contributed by atoms with van der Waals surface area (Å²) in [5.41, 5.74) is 7.32. The highest BCUT2D eigenvalue weighted by molar-refractivity contribution is 5.13. The van der Waals surface area contributed by atoms with Gasteiger partial charge in [-0.15, -0.1) is 0 Å². The fourth-order valence-electron chi connectivity index (χ4n) is 2.81. The van der Waals surface area contributed by atoms with Crippen molar-refractivity contribution in [1.82, 2.24) is 14.7 Å². The van der Waals surface area contributed by atoms with E-state index in [2.05, 4.69) is 23.8 Å². The normalized spacial score (nSPS) is 15.2. The fourth-order valence-corrected chi connectivity index (χ4v) is 2.81. The molecule has 0 saturated carbocycles. The van der Waals surface area contributed by atoms with Gasteiger partial charge in [-0.05, 0) is 19.8 Å². The molecular formula is C14H28N4O. The predicted molar refractivity (Wildman–Crippen MR) is 77.8 cm³/mol. The largest absolute Gasteiger partial charge is 0.395 e. The molecule has 1 aromatic rings. The van der Waals surface area contributed by atoms with Crippen LogP contribution in [0.25, 0.3) is 0 Å². The van der Waals surface area contributed by atoms with Gasteiger partial charge in [0.15, 0.2) is 0 Å². The molecule has 2 unspecified atom stereocenters. The van der Waals surface area contributed by atoms with Crippen LogP contribution in [0.5, 0.6) is 0 Å². The minimum absolute atomic E-state index is 0.00338. The van der Waals surface area contributed by atoms with Crippen molar-refractivity contribution >= 4 is 0 Å². The van der Waals surface area contributed by atoms with Crippen molar-refractivity contribution in [1.29, 1.82) is 0 Å². The fraction of sp³-hybridized carbons (Fsp3) is 0.786. The van der Waals surface area contributed by atoms with E-state index in [0.717, 1.165) is 18.4 Å². The maximum absolute atomic E-state index is 9.36. The first-order chi connectivity index (χ1) is 9.04. The van der Waals surface area contributed by atoms with Gasteiger partial charge in [0, 0.05) is 37.4 Å². The summed E-state index contributed by atoms with van der Waals surface area (Å²) in [5.74, 6) is 0. The van der Waals surface area contributed by atoms with Crippen LogP contribution in [0.15, 0.2) is 12.4 Å². The number of hydrogen-bond acceptors (Lipinski definition) is 4. The Bertz CT molecular complexity index is 360. The Balaban J connectivity index is 3.04. The van der Waals surface area contributed by atoms with Gasteiger partial charge in [-0.1, -0.05) is 13.8 Å². The molecule has 0 aliphatic rings. The van der Waals surface area contributed by atoms with E-state index in [0.29, 0.717) is 12.6 Å². The molecule has 0 saturated heterocycles. The van der Waals surface area contributed by atoms with Crippen LogP contribution in [-0.4, -0.2) is 45.0 Å². The van der Waals surface area contributed by atoms with Gasteiger partial charge in [-0.2, -0.15) is 5.10 Å². The van der Waals surface area contributed by atoms with E-state index in [-0.39, 0.29) is 18.7 Å². The van der Waals surface area contributed by atoms with Crippen LogP contribution in [0.4, 0.5) is 0 Å². The summed E-state index contributed by atoms with van der Waals surface area (Å²) < 4.78 is 1.80. The summed E-state index contributed by atoms with van der Waals surface area (Å²) in [6.45, 7) is 7.18. The molecule has 0 fully saturated rings. The standard InChI is InChI=1S/C14H28N4O/c1-5-13(6-2)18(7-8-19)14(11(3)15)12-9-16-17(4)10-12/h9-11,13-14,19H,5-8,15H2,1-4H3. The highest BCUT2D eigenvalue weighted by Gasteiger charge is 2.29. The highest BCUT2D eigenvalue weighted by atomic mass is 16.3. The molecule has 1 heterocycles. The van der Waals surface area contributed by atoms with Gasteiger partial charge in [0.25, 0.3) is 0 Å². The average molecular weight is 268 g/mol. The number of aliphatic hydroxyl groups is 1. The second-order valence-electron chi connectivity index (χ2n) is 5.18. The van der Waals surface area contributed by atoms with Crippen molar-refractivity contribution in [2.45, 2.75) is 51.7 Å². The second-order valence-corrected chi connectivity index (χ2v) is 5.18. The van der Waals surface area contributed by atoms with Crippen LogP contribution >= 0.6 is 0 Å². The Morgan fingerprint density at radius 3 is 2.42 bits per heavy atom. The third-order valence-corrected chi connectivity index (χ3v) is 3.69. The quantitative estimate of drug-likeness (QED) is 0.745. The SMILES string of the molecule is CCC(CC)N(CCO)C(c1cnn(C)c1)C(C)N. The molecule has 5 heteroatoms. The molecule has 1 aromatic heterocycles. The summed E-state index contributed by atoms with van der Waals surface area (Å²) in [7, 11) is 1.91. The van der Waals surface area contributed by atoms with E-state index in [9.17, 15) is 5.11 Å². The topological polar surface area (TPSA) is 67.3 Å². The number of aliphatic hydroxyl groups excluding tert-OH is 1. The lowest BCUT2D eigenvalue weighted by Gasteiger charge is -2.38. The zero-order valence-corrected chi connectivity index (χ0v) is 12.6. The number of rotatable bonds is 8. The van der Waals surface area contributed by atoms with Crippen molar-refractivity contribution in [2.75, 3.05) is 13.2 Å². The summed E-state index contributed by atoms with van der Waals surface area (Å²) in [6, 6.07) is 0.533. The smallest absolute Gasteiger partial charge is 0.0558 e. The molecule has 3 N–H and O–H groups in total. The number of nitrogens with zero attached hydrogens (tertiary/aromatic N) is 3. The van der Waals surface area contributed by atoms with Crippen molar-refractivity contribution in [3.8, 4) is 0 Å². The third-order valence-electron chi connectivity index (χ3n) is 3.69. The molecule has 2 atom stereocenters. The molecule has 110 valence electrons. The molecular weight excluding hydrogens is 240 g/mol. The Hall–Kier alpha value is -0.910. The molecule has 0 aliphatic heterocycles. The molecule has 0 spiro atoms. The van der Waals surface area contributed by atoms with Crippen LogP contribution in [-0.2, 0) is 7.05 Å². The first-order valence-electron chi connectivity index (χ1n) is 7.15. The Morgan fingerprint density at radius 1 is 1.42 bits per heavy atom. The number of aryl methyl sites for hydroxylation is 1. The first kappa shape index (κ1) is 16.1. The number of hydrogen-bond donors (Lipinski definition) is 2. The van der Waals surface area contributed by atoms with Crippen molar-refractivity contribution < 1.29 is 5.11 Å². The van der Waals surface area contributed by atoms with Crippen molar-refractivity contribution in [3.63, 3.8) is 0 Å². The number of aromatic nitrogens is 2. The first-order valence-corrected chi connectivity index (χ1v) is 7.15.